The third kappa shape index (κ3) is 5.98. The zero-order chi connectivity index (χ0) is 23.9. The molecule has 0 fully saturated rings. The lowest BCUT2D eigenvalue weighted by molar-refractivity contribution is 0.0846. The van der Waals surface area contributed by atoms with E-state index in [1.54, 1.807) is 19.1 Å². The van der Waals surface area contributed by atoms with E-state index >= 15 is 0 Å². The average Bonchev–Trinajstić information content (AvgIpc) is 2.77. The van der Waals surface area contributed by atoms with E-state index in [9.17, 15) is 18.0 Å². The number of sulfonamides is 1. The van der Waals surface area contributed by atoms with Crippen LogP contribution in [0.2, 0.25) is 0 Å². The topological polar surface area (TPSA) is 114 Å². The largest absolute Gasteiger partial charge is 0.493 e. The highest BCUT2D eigenvalue weighted by molar-refractivity contribution is 7.89. The highest BCUT2D eigenvalue weighted by Crippen LogP contribution is 2.28. The molecule has 2 rings (SSSR count). The van der Waals surface area contributed by atoms with Gasteiger partial charge in [-0.05, 0) is 49.2 Å². The minimum atomic E-state index is -3.70. The minimum absolute atomic E-state index is 0.0204. The monoisotopic (exact) mass is 463 g/mol. The Morgan fingerprint density at radius 3 is 2.31 bits per heavy atom. The molecule has 2 amide bonds. The Hall–Kier alpha value is -3.11. The van der Waals surface area contributed by atoms with Gasteiger partial charge in [0, 0.05) is 25.2 Å². The van der Waals surface area contributed by atoms with Crippen LogP contribution in [0.1, 0.15) is 46.0 Å². The molecule has 0 saturated heterocycles. The van der Waals surface area contributed by atoms with Crippen LogP contribution >= 0.6 is 0 Å². The van der Waals surface area contributed by atoms with Gasteiger partial charge in [0.05, 0.1) is 18.6 Å². The van der Waals surface area contributed by atoms with Gasteiger partial charge in [0.15, 0.2) is 11.5 Å². The fourth-order valence-electron chi connectivity index (χ4n) is 2.72. The maximum Gasteiger partial charge on any atom is 0.270 e. The first-order valence-corrected chi connectivity index (χ1v) is 11.5. The summed E-state index contributed by atoms with van der Waals surface area (Å²) in [5.74, 6) is -0.279. The summed E-state index contributed by atoms with van der Waals surface area (Å²) >= 11 is 0. The maximum atomic E-state index is 12.6. The van der Waals surface area contributed by atoms with Crippen molar-refractivity contribution in [3.8, 4) is 11.5 Å². The average molecular weight is 464 g/mol. The highest BCUT2D eigenvalue weighted by atomic mass is 32.2. The van der Waals surface area contributed by atoms with Gasteiger partial charge in [0.2, 0.25) is 10.0 Å². The number of nitrogens with one attached hydrogen (secondary N) is 2. The third-order valence-corrected chi connectivity index (χ3v) is 6.51. The molecule has 0 saturated carbocycles. The van der Waals surface area contributed by atoms with Crippen LogP contribution in [0.25, 0.3) is 0 Å². The van der Waals surface area contributed by atoms with Crippen LogP contribution in [0, 0.1) is 6.92 Å². The number of carbonyl (C=O) groups is 2. The zero-order valence-corrected chi connectivity index (χ0v) is 19.7. The van der Waals surface area contributed by atoms with Crippen LogP contribution in [0.3, 0.4) is 0 Å². The summed E-state index contributed by atoms with van der Waals surface area (Å²) in [7, 11) is 0.584. The summed E-state index contributed by atoms with van der Waals surface area (Å²) in [6.07, 6.45) is 1.89. The number of hydrogen-bond donors (Lipinski definition) is 2. The Bertz CT molecular complexity index is 1080. The fourth-order valence-corrected chi connectivity index (χ4v) is 3.65. The molecular weight excluding hydrogens is 434 g/mol. The Kier molecular flexibility index (Phi) is 8.62. The van der Waals surface area contributed by atoms with Gasteiger partial charge < -0.3 is 9.47 Å². The number of hydrazine groups is 1. The van der Waals surface area contributed by atoms with E-state index in [0.717, 1.165) is 17.1 Å². The Labute approximate surface area is 188 Å². The SMILES string of the molecule is CCCCOc1ccc(C(=O)NNC(=O)c2cc(S(=O)(=O)N(C)C)ccc2C)cc1OC. The van der Waals surface area contributed by atoms with E-state index in [-0.39, 0.29) is 16.0 Å². The van der Waals surface area contributed by atoms with Crippen molar-refractivity contribution in [1.82, 2.24) is 15.2 Å². The summed E-state index contributed by atoms with van der Waals surface area (Å²) in [4.78, 5) is 25.1. The number of amides is 2. The van der Waals surface area contributed by atoms with Crippen molar-refractivity contribution in [3.05, 3.63) is 53.1 Å². The van der Waals surface area contributed by atoms with Gasteiger partial charge in [0.25, 0.3) is 11.8 Å². The molecular formula is C22H29N3O6S. The molecule has 0 unspecified atom stereocenters. The number of rotatable bonds is 9. The normalized spacial score (nSPS) is 11.2. The molecule has 0 heterocycles. The van der Waals surface area contributed by atoms with Crippen LogP contribution in [0.4, 0.5) is 0 Å². The molecule has 0 aliphatic heterocycles. The number of carbonyl (C=O) groups excluding carboxylic acids is 2. The predicted molar refractivity (Wildman–Crippen MR) is 120 cm³/mol. The Morgan fingerprint density at radius 2 is 1.69 bits per heavy atom. The number of ether oxygens (including phenoxy) is 2. The second-order valence-electron chi connectivity index (χ2n) is 7.24. The van der Waals surface area contributed by atoms with Crippen molar-refractivity contribution >= 4 is 21.8 Å². The second kappa shape index (κ2) is 11.0. The first-order valence-electron chi connectivity index (χ1n) is 10.1. The molecule has 0 bridgehead atoms. The minimum Gasteiger partial charge on any atom is -0.493 e. The molecule has 0 atom stereocenters. The van der Waals surface area contributed by atoms with Crippen LogP contribution in [0.5, 0.6) is 11.5 Å². The molecule has 0 aliphatic rings. The standard InChI is InChI=1S/C22H29N3O6S/c1-6-7-12-31-19-11-9-16(13-20(19)30-5)21(26)23-24-22(27)18-14-17(10-8-15(18)2)32(28,29)25(3)4/h8-11,13-14H,6-7,12H2,1-5H3,(H,23,26)(H,24,27). The van der Waals surface area contributed by atoms with Gasteiger partial charge in [-0.1, -0.05) is 19.4 Å². The molecule has 9 nitrogen and oxygen atoms in total. The van der Waals surface area contributed by atoms with Crippen molar-refractivity contribution in [1.29, 1.82) is 0 Å². The van der Waals surface area contributed by atoms with E-state index in [1.807, 2.05) is 0 Å². The summed E-state index contributed by atoms with van der Waals surface area (Å²) in [6, 6.07) is 8.94. The molecule has 0 aromatic heterocycles. The number of unbranched alkanes of at least 4 members (excludes halogenated alkanes) is 1. The third-order valence-electron chi connectivity index (χ3n) is 4.70. The van der Waals surface area contributed by atoms with Gasteiger partial charge in [-0.15, -0.1) is 0 Å². The predicted octanol–water partition coefficient (Wildman–Crippen LogP) is 2.51. The Balaban J connectivity index is 2.12. The van der Waals surface area contributed by atoms with Gasteiger partial charge in [-0.25, -0.2) is 12.7 Å². The lowest BCUT2D eigenvalue weighted by Crippen LogP contribution is -2.42. The second-order valence-corrected chi connectivity index (χ2v) is 9.39. The van der Waals surface area contributed by atoms with Crippen molar-refractivity contribution in [2.45, 2.75) is 31.6 Å². The maximum absolute atomic E-state index is 12.6. The quantitative estimate of drug-likeness (QED) is 0.436. The number of aryl methyl sites for hydroxylation is 1. The van der Waals surface area contributed by atoms with Crippen LogP contribution < -0.4 is 20.3 Å². The van der Waals surface area contributed by atoms with Crippen molar-refractivity contribution in [3.63, 3.8) is 0 Å². The first-order chi connectivity index (χ1) is 15.1. The molecule has 0 spiro atoms. The summed E-state index contributed by atoms with van der Waals surface area (Å²) < 4.78 is 36.7. The highest BCUT2D eigenvalue weighted by Gasteiger charge is 2.20. The summed E-state index contributed by atoms with van der Waals surface area (Å²) in [5, 5.41) is 0. The molecule has 2 aromatic rings. The molecule has 2 aromatic carbocycles. The Morgan fingerprint density at radius 1 is 1.00 bits per heavy atom. The van der Waals surface area contributed by atoms with Crippen LogP contribution in [-0.4, -0.2) is 52.3 Å². The number of methoxy groups -OCH3 is 1. The number of hydrogen-bond acceptors (Lipinski definition) is 6. The van der Waals surface area contributed by atoms with E-state index in [4.69, 9.17) is 9.47 Å². The van der Waals surface area contributed by atoms with E-state index < -0.39 is 21.8 Å². The van der Waals surface area contributed by atoms with E-state index in [0.29, 0.717) is 23.7 Å². The smallest absolute Gasteiger partial charge is 0.270 e. The van der Waals surface area contributed by atoms with Gasteiger partial charge in [0.1, 0.15) is 0 Å². The van der Waals surface area contributed by atoms with Crippen molar-refractivity contribution in [2.24, 2.45) is 0 Å². The van der Waals surface area contributed by atoms with Crippen molar-refractivity contribution in [2.75, 3.05) is 27.8 Å². The summed E-state index contributed by atoms with van der Waals surface area (Å²) in [5.41, 5.74) is 5.60. The van der Waals surface area contributed by atoms with Crippen LogP contribution in [-0.2, 0) is 10.0 Å². The molecule has 10 heteroatoms. The van der Waals surface area contributed by atoms with Gasteiger partial charge in [-0.2, -0.15) is 0 Å². The zero-order valence-electron chi connectivity index (χ0n) is 18.9. The number of nitrogens with zero attached hydrogens (tertiary/aromatic N) is 1. The van der Waals surface area contributed by atoms with Gasteiger partial charge >= 0.3 is 0 Å². The molecule has 0 aliphatic carbocycles. The molecule has 2 N–H and O–H groups in total. The lowest BCUT2D eigenvalue weighted by Gasteiger charge is -2.14. The van der Waals surface area contributed by atoms with E-state index in [2.05, 4.69) is 17.8 Å². The lowest BCUT2D eigenvalue weighted by atomic mass is 10.1. The van der Waals surface area contributed by atoms with Crippen molar-refractivity contribution < 1.29 is 27.5 Å². The number of benzene rings is 2. The molecule has 32 heavy (non-hydrogen) atoms. The first kappa shape index (κ1) is 25.2. The molecule has 0 radical (unpaired) electrons. The summed E-state index contributed by atoms with van der Waals surface area (Å²) in [6.45, 7) is 4.27. The van der Waals surface area contributed by atoms with E-state index in [1.165, 1.54) is 45.5 Å². The fraction of sp³-hybridized carbons (Fsp3) is 0.364. The molecule has 174 valence electrons. The van der Waals surface area contributed by atoms with Gasteiger partial charge in [-0.3, -0.25) is 20.4 Å². The van der Waals surface area contributed by atoms with Crippen LogP contribution in [0.15, 0.2) is 41.3 Å².